The first-order valence-corrected chi connectivity index (χ1v) is 10.4. The zero-order valence-corrected chi connectivity index (χ0v) is 18.0. The SMILES string of the molecule is Cc1cc(N2CCOCC2)nc(NNC(=O)C2(CN(O)C=O)CCC(C)(C)CC2)n1. The largest absolute Gasteiger partial charge is 0.378 e. The van der Waals surface area contributed by atoms with Gasteiger partial charge in [0, 0.05) is 24.8 Å². The van der Waals surface area contributed by atoms with Crippen LogP contribution in [0.5, 0.6) is 0 Å². The molecule has 10 nitrogen and oxygen atoms in total. The average molecular weight is 421 g/mol. The van der Waals surface area contributed by atoms with E-state index in [2.05, 4.69) is 39.6 Å². The molecular formula is C20H32N6O4. The summed E-state index contributed by atoms with van der Waals surface area (Å²) < 4.78 is 5.39. The number of amides is 2. The Bertz CT molecular complexity index is 756. The Hall–Kier alpha value is -2.46. The molecule has 0 radical (unpaired) electrons. The molecule has 3 rings (SSSR count). The summed E-state index contributed by atoms with van der Waals surface area (Å²) in [4.78, 5) is 35.1. The van der Waals surface area contributed by atoms with Gasteiger partial charge in [-0.3, -0.25) is 25.6 Å². The van der Waals surface area contributed by atoms with E-state index >= 15 is 0 Å². The minimum absolute atomic E-state index is 0.0478. The molecule has 0 unspecified atom stereocenters. The maximum Gasteiger partial charge on any atom is 0.246 e. The number of carbonyl (C=O) groups is 2. The van der Waals surface area contributed by atoms with Crippen molar-refractivity contribution < 1.29 is 19.5 Å². The van der Waals surface area contributed by atoms with Crippen LogP contribution < -0.4 is 15.8 Å². The molecule has 2 heterocycles. The second-order valence-electron chi connectivity index (χ2n) is 9.02. The molecule has 2 fully saturated rings. The number of rotatable bonds is 7. The van der Waals surface area contributed by atoms with E-state index in [9.17, 15) is 14.8 Å². The number of aryl methyl sites for hydroxylation is 1. The quantitative estimate of drug-likeness (QED) is 0.345. The highest BCUT2D eigenvalue weighted by atomic mass is 16.5. The normalized spacial score (nSPS) is 20.3. The molecule has 0 spiro atoms. The second kappa shape index (κ2) is 9.13. The van der Waals surface area contributed by atoms with E-state index in [0.29, 0.717) is 43.5 Å². The van der Waals surface area contributed by atoms with Crippen molar-refractivity contribution >= 4 is 24.1 Å². The molecule has 2 amide bonds. The Kier molecular flexibility index (Phi) is 6.77. The summed E-state index contributed by atoms with van der Waals surface area (Å²) in [7, 11) is 0. The van der Waals surface area contributed by atoms with Gasteiger partial charge in [-0.2, -0.15) is 4.98 Å². The summed E-state index contributed by atoms with van der Waals surface area (Å²) in [6.07, 6.45) is 3.14. The van der Waals surface area contributed by atoms with Crippen molar-refractivity contribution in [3.05, 3.63) is 11.8 Å². The second-order valence-corrected chi connectivity index (χ2v) is 9.02. The van der Waals surface area contributed by atoms with Crippen molar-refractivity contribution in [1.29, 1.82) is 0 Å². The van der Waals surface area contributed by atoms with Crippen LogP contribution in [0, 0.1) is 17.8 Å². The van der Waals surface area contributed by atoms with Gasteiger partial charge in [0.05, 0.1) is 25.2 Å². The number of hydroxylamine groups is 2. The van der Waals surface area contributed by atoms with Crippen molar-refractivity contribution in [2.75, 3.05) is 43.2 Å². The molecule has 1 aromatic heterocycles. The van der Waals surface area contributed by atoms with E-state index in [1.165, 1.54) is 0 Å². The zero-order chi connectivity index (χ0) is 21.8. The number of morpholine rings is 1. The smallest absolute Gasteiger partial charge is 0.246 e. The molecule has 30 heavy (non-hydrogen) atoms. The fourth-order valence-corrected chi connectivity index (χ4v) is 4.02. The van der Waals surface area contributed by atoms with E-state index in [1.807, 2.05) is 13.0 Å². The van der Waals surface area contributed by atoms with Gasteiger partial charge in [0.25, 0.3) is 0 Å². The van der Waals surface area contributed by atoms with E-state index in [-0.39, 0.29) is 17.9 Å². The maximum atomic E-state index is 13.1. The number of nitrogens with one attached hydrogen (secondary N) is 2. The van der Waals surface area contributed by atoms with Crippen LogP contribution >= 0.6 is 0 Å². The standard InChI is InChI=1S/C20H32N6O4/c1-15-12-16(25-8-10-30-11-9-25)22-18(21-15)24-23-17(28)20(13-26(29)14-27)6-4-19(2,3)5-7-20/h12,14,29H,4-11,13H2,1-3H3,(H,23,28)(H,21,22,24). The van der Waals surface area contributed by atoms with E-state index in [4.69, 9.17) is 4.74 Å². The topological polar surface area (TPSA) is 120 Å². The number of aromatic nitrogens is 2. The summed E-state index contributed by atoms with van der Waals surface area (Å²) in [6, 6.07) is 1.90. The Balaban J connectivity index is 1.70. The summed E-state index contributed by atoms with van der Waals surface area (Å²) in [5, 5.41) is 10.3. The lowest BCUT2D eigenvalue weighted by atomic mass is 9.64. The molecule has 166 valence electrons. The summed E-state index contributed by atoms with van der Waals surface area (Å²) in [5.41, 5.74) is 5.59. The van der Waals surface area contributed by atoms with Gasteiger partial charge in [0.1, 0.15) is 5.82 Å². The first kappa shape index (κ1) is 22.2. The maximum absolute atomic E-state index is 13.1. The third kappa shape index (κ3) is 5.37. The molecule has 0 bridgehead atoms. The summed E-state index contributed by atoms with van der Waals surface area (Å²) in [5.74, 6) is 0.795. The van der Waals surface area contributed by atoms with Crippen molar-refractivity contribution in [1.82, 2.24) is 20.5 Å². The monoisotopic (exact) mass is 420 g/mol. The van der Waals surface area contributed by atoms with Crippen molar-refractivity contribution in [2.45, 2.75) is 46.5 Å². The molecule has 0 atom stereocenters. The first-order chi connectivity index (χ1) is 14.2. The molecule has 1 aliphatic heterocycles. The van der Waals surface area contributed by atoms with Crippen LogP contribution in [0.3, 0.4) is 0 Å². The number of hydrogen-bond donors (Lipinski definition) is 3. The lowest BCUT2D eigenvalue weighted by Gasteiger charge is -2.42. The van der Waals surface area contributed by atoms with Crippen LogP contribution in [0.15, 0.2) is 6.07 Å². The van der Waals surface area contributed by atoms with E-state index < -0.39 is 5.41 Å². The van der Waals surface area contributed by atoms with Crippen LogP contribution in [0.4, 0.5) is 11.8 Å². The van der Waals surface area contributed by atoms with E-state index in [0.717, 1.165) is 37.4 Å². The minimum Gasteiger partial charge on any atom is -0.378 e. The van der Waals surface area contributed by atoms with Gasteiger partial charge in [-0.05, 0) is 38.0 Å². The van der Waals surface area contributed by atoms with Crippen LogP contribution in [-0.4, -0.2) is 65.4 Å². The lowest BCUT2D eigenvalue weighted by Crippen LogP contribution is -2.51. The molecule has 1 saturated heterocycles. The van der Waals surface area contributed by atoms with Gasteiger partial charge in [-0.15, -0.1) is 0 Å². The Morgan fingerprint density at radius 2 is 1.93 bits per heavy atom. The molecule has 2 aliphatic rings. The van der Waals surface area contributed by atoms with Gasteiger partial charge in [-0.25, -0.2) is 10.0 Å². The van der Waals surface area contributed by atoms with Gasteiger partial charge in [0.2, 0.25) is 18.3 Å². The van der Waals surface area contributed by atoms with Crippen molar-refractivity contribution in [2.24, 2.45) is 10.8 Å². The third-order valence-electron chi connectivity index (χ3n) is 6.09. The summed E-state index contributed by atoms with van der Waals surface area (Å²) >= 11 is 0. The highest BCUT2D eigenvalue weighted by Crippen LogP contribution is 2.45. The number of anilines is 2. The predicted octanol–water partition coefficient (Wildman–Crippen LogP) is 1.50. The zero-order valence-electron chi connectivity index (χ0n) is 18.0. The Morgan fingerprint density at radius 3 is 2.57 bits per heavy atom. The van der Waals surface area contributed by atoms with Crippen LogP contribution in [0.25, 0.3) is 0 Å². The highest BCUT2D eigenvalue weighted by molar-refractivity contribution is 5.84. The van der Waals surface area contributed by atoms with Crippen LogP contribution in [0.2, 0.25) is 0 Å². The highest BCUT2D eigenvalue weighted by Gasteiger charge is 2.45. The van der Waals surface area contributed by atoms with Gasteiger partial charge < -0.3 is 9.64 Å². The fourth-order valence-electron chi connectivity index (χ4n) is 4.02. The predicted molar refractivity (Wildman–Crippen MR) is 111 cm³/mol. The molecule has 1 aromatic rings. The number of hydrogen-bond acceptors (Lipinski definition) is 8. The minimum atomic E-state index is -0.866. The molecule has 10 heteroatoms. The van der Waals surface area contributed by atoms with Crippen LogP contribution in [-0.2, 0) is 14.3 Å². The van der Waals surface area contributed by atoms with Gasteiger partial charge >= 0.3 is 0 Å². The molecule has 1 saturated carbocycles. The third-order valence-corrected chi connectivity index (χ3v) is 6.09. The van der Waals surface area contributed by atoms with Gasteiger partial charge in [0.15, 0.2) is 0 Å². The number of nitrogens with zero attached hydrogens (tertiary/aromatic N) is 4. The van der Waals surface area contributed by atoms with E-state index in [1.54, 1.807) is 0 Å². The fraction of sp³-hybridized carbons (Fsp3) is 0.700. The first-order valence-electron chi connectivity index (χ1n) is 10.4. The molecule has 0 aromatic carbocycles. The van der Waals surface area contributed by atoms with Gasteiger partial charge in [-0.1, -0.05) is 13.8 Å². The summed E-state index contributed by atoms with van der Waals surface area (Å²) in [6.45, 7) is 8.95. The van der Waals surface area contributed by atoms with Crippen LogP contribution in [0.1, 0.15) is 45.2 Å². The Morgan fingerprint density at radius 1 is 1.27 bits per heavy atom. The van der Waals surface area contributed by atoms with Crippen molar-refractivity contribution in [3.8, 4) is 0 Å². The molecular weight excluding hydrogens is 388 g/mol. The lowest BCUT2D eigenvalue weighted by molar-refractivity contribution is -0.164. The Labute approximate surface area is 176 Å². The molecule has 3 N–H and O–H groups in total. The average Bonchev–Trinajstić information content (AvgIpc) is 2.74. The number of hydrazine groups is 1. The van der Waals surface area contributed by atoms with Crippen molar-refractivity contribution in [3.63, 3.8) is 0 Å². The molecule has 1 aliphatic carbocycles. The number of carbonyl (C=O) groups excluding carboxylic acids is 2. The number of ether oxygens (including phenoxy) is 1.